The fourth-order valence-electron chi connectivity index (χ4n) is 2.62. The number of amidine groups is 1. The third-order valence-electron chi connectivity index (χ3n) is 3.68. The maximum Gasteiger partial charge on any atom is 0.123 e. The van der Waals surface area contributed by atoms with Crippen molar-refractivity contribution >= 4 is 22.3 Å². The molecule has 2 rings (SSSR count). The zero-order valence-corrected chi connectivity index (χ0v) is 12.5. The topological polar surface area (TPSA) is 73.3 Å². The van der Waals surface area contributed by atoms with Crippen molar-refractivity contribution in [2.45, 2.75) is 19.8 Å². The SMILES string of the molecule is CCCCN(CCO)c1ccc(C(=N)N)c2ccccc12. The average molecular weight is 285 g/mol. The molecule has 0 fully saturated rings. The van der Waals surface area contributed by atoms with Crippen LogP contribution in [-0.2, 0) is 0 Å². The average Bonchev–Trinajstić information content (AvgIpc) is 2.50. The van der Waals surface area contributed by atoms with Gasteiger partial charge in [0.25, 0.3) is 0 Å². The van der Waals surface area contributed by atoms with E-state index in [-0.39, 0.29) is 12.4 Å². The number of aliphatic hydroxyl groups excluding tert-OH is 1. The second-order valence-electron chi connectivity index (χ2n) is 5.16. The number of nitrogens with one attached hydrogen (secondary N) is 1. The van der Waals surface area contributed by atoms with Gasteiger partial charge in [0.2, 0.25) is 0 Å². The molecule has 0 radical (unpaired) electrons. The standard InChI is InChI=1S/C17H23N3O/c1-2-3-10-20(11-12-21)16-9-8-15(17(18)19)13-6-4-5-7-14(13)16/h4-9,21H,2-3,10-12H2,1H3,(H3,18,19). The normalized spacial score (nSPS) is 10.8. The molecule has 0 aliphatic rings. The molecule has 2 aromatic carbocycles. The fourth-order valence-corrected chi connectivity index (χ4v) is 2.62. The van der Waals surface area contributed by atoms with Gasteiger partial charge in [0.05, 0.1) is 6.61 Å². The number of nitrogens with two attached hydrogens (primary N) is 1. The summed E-state index contributed by atoms with van der Waals surface area (Å²) in [7, 11) is 0. The number of benzene rings is 2. The number of nitrogen functional groups attached to an aromatic ring is 1. The van der Waals surface area contributed by atoms with Crippen LogP contribution in [0.15, 0.2) is 36.4 Å². The molecule has 0 saturated heterocycles. The Bertz CT molecular complexity index is 624. The minimum atomic E-state index is 0.0833. The molecule has 0 spiro atoms. The first kappa shape index (κ1) is 15.3. The van der Waals surface area contributed by atoms with Crippen LogP contribution in [0.5, 0.6) is 0 Å². The van der Waals surface area contributed by atoms with E-state index >= 15 is 0 Å². The number of hydrogen-bond acceptors (Lipinski definition) is 3. The number of hydrogen-bond donors (Lipinski definition) is 3. The minimum absolute atomic E-state index is 0.0833. The molecule has 0 amide bonds. The fraction of sp³-hybridized carbons (Fsp3) is 0.353. The van der Waals surface area contributed by atoms with Crippen molar-refractivity contribution in [1.82, 2.24) is 0 Å². The predicted molar refractivity (Wildman–Crippen MR) is 89.2 cm³/mol. The quantitative estimate of drug-likeness (QED) is 0.541. The first-order valence-corrected chi connectivity index (χ1v) is 7.41. The molecule has 4 heteroatoms. The Labute approximate surface area is 125 Å². The Morgan fingerprint density at radius 1 is 1.14 bits per heavy atom. The van der Waals surface area contributed by atoms with Gasteiger partial charge in [0.15, 0.2) is 0 Å². The molecule has 4 nitrogen and oxygen atoms in total. The predicted octanol–water partition coefficient (Wildman–Crippen LogP) is 2.72. The summed E-state index contributed by atoms with van der Waals surface area (Å²) < 4.78 is 0. The summed E-state index contributed by atoms with van der Waals surface area (Å²) in [5, 5.41) is 19.1. The molecule has 0 aromatic heterocycles. The Hall–Kier alpha value is -2.07. The molecule has 21 heavy (non-hydrogen) atoms. The molecule has 0 aliphatic heterocycles. The molecular formula is C17H23N3O. The maximum absolute atomic E-state index is 9.32. The lowest BCUT2D eigenvalue weighted by molar-refractivity contribution is 0.301. The summed E-state index contributed by atoms with van der Waals surface area (Å²) in [6.07, 6.45) is 2.20. The molecule has 0 atom stereocenters. The highest BCUT2D eigenvalue weighted by Crippen LogP contribution is 2.29. The van der Waals surface area contributed by atoms with Crippen molar-refractivity contribution in [2.75, 3.05) is 24.6 Å². The van der Waals surface area contributed by atoms with Gasteiger partial charge in [0, 0.05) is 29.7 Å². The highest BCUT2D eigenvalue weighted by atomic mass is 16.3. The van der Waals surface area contributed by atoms with E-state index in [0.29, 0.717) is 6.54 Å². The van der Waals surface area contributed by atoms with Crippen molar-refractivity contribution in [3.8, 4) is 0 Å². The molecule has 0 unspecified atom stereocenters. The van der Waals surface area contributed by atoms with Gasteiger partial charge in [-0.2, -0.15) is 0 Å². The van der Waals surface area contributed by atoms with E-state index in [0.717, 1.165) is 41.4 Å². The van der Waals surface area contributed by atoms with Crippen LogP contribution in [-0.4, -0.2) is 30.6 Å². The smallest absolute Gasteiger partial charge is 0.123 e. The van der Waals surface area contributed by atoms with Crippen molar-refractivity contribution in [3.63, 3.8) is 0 Å². The molecule has 4 N–H and O–H groups in total. The Morgan fingerprint density at radius 3 is 2.48 bits per heavy atom. The first-order valence-electron chi connectivity index (χ1n) is 7.41. The van der Waals surface area contributed by atoms with Gasteiger partial charge < -0.3 is 15.7 Å². The van der Waals surface area contributed by atoms with Gasteiger partial charge in [-0.1, -0.05) is 37.6 Å². The summed E-state index contributed by atoms with van der Waals surface area (Å²) >= 11 is 0. The molecule has 0 bridgehead atoms. The Balaban J connectivity index is 2.52. The molecule has 0 heterocycles. The number of rotatable bonds is 7. The molecule has 2 aromatic rings. The highest BCUT2D eigenvalue weighted by molar-refractivity contribution is 6.10. The van der Waals surface area contributed by atoms with Crippen LogP contribution < -0.4 is 10.6 Å². The lowest BCUT2D eigenvalue weighted by Crippen LogP contribution is -2.28. The second kappa shape index (κ2) is 7.09. The van der Waals surface area contributed by atoms with E-state index in [1.807, 2.05) is 36.4 Å². The number of anilines is 1. The van der Waals surface area contributed by atoms with Gasteiger partial charge >= 0.3 is 0 Å². The lowest BCUT2D eigenvalue weighted by atomic mass is 10.0. The van der Waals surface area contributed by atoms with Gasteiger partial charge in [-0.15, -0.1) is 0 Å². The number of aliphatic hydroxyl groups is 1. The van der Waals surface area contributed by atoms with Crippen molar-refractivity contribution < 1.29 is 5.11 Å². The van der Waals surface area contributed by atoms with E-state index in [4.69, 9.17) is 11.1 Å². The maximum atomic E-state index is 9.32. The molecule has 0 aliphatic carbocycles. The van der Waals surface area contributed by atoms with Gasteiger partial charge in [-0.05, 0) is 23.9 Å². The summed E-state index contributed by atoms with van der Waals surface area (Å²) in [5.41, 5.74) is 7.53. The lowest BCUT2D eigenvalue weighted by Gasteiger charge is -2.26. The van der Waals surface area contributed by atoms with Crippen LogP contribution in [0.2, 0.25) is 0 Å². The van der Waals surface area contributed by atoms with Gasteiger partial charge in [-0.25, -0.2) is 0 Å². The number of fused-ring (bicyclic) bond motifs is 1. The van der Waals surface area contributed by atoms with Crippen LogP contribution >= 0.6 is 0 Å². The molecule has 112 valence electrons. The second-order valence-corrected chi connectivity index (χ2v) is 5.16. The van der Waals surface area contributed by atoms with E-state index < -0.39 is 0 Å². The van der Waals surface area contributed by atoms with Crippen molar-refractivity contribution in [3.05, 3.63) is 42.0 Å². The number of nitrogens with zero attached hydrogens (tertiary/aromatic N) is 1. The summed E-state index contributed by atoms with van der Waals surface area (Å²) in [5.74, 6) is 0.0833. The van der Waals surface area contributed by atoms with Crippen LogP contribution in [0.25, 0.3) is 10.8 Å². The number of unbranched alkanes of at least 4 members (excludes halogenated alkanes) is 1. The molecule has 0 saturated carbocycles. The van der Waals surface area contributed by atoms with Crippen LogP contribution in [0.4, 0.5) is 5.69 Å². The zero-order chi connectivity index (χ0) is 15.2. The third kappa shape index (κ3) is 3.34. The van der Waals surface area contributed by atoms with E-state index in [9.17, 15) is 5.11 Å². The zero-order valence-electron chi connectivity index (χ0n) is 12.5. The van der Waals surface area contributed by atoms with Crippen LogP contribution in [0, 0.1) is 5.41 Å². The largest absolute Gasteiger partial charge is 0.395 e. The van der Waals surface area contributed by atoms with E-state index in [2.05, 4.69) is 11.8 Å². The first-order chi connectivity index (χ1) is 10.2. The highest BCUT2D eigenvalue weighted by Gasteiger charge is 2.12. The summed E-state index contributed by atoms with van der Waals surface area (Å²) in [6.45, 7) is 3.82. The van der Waals surface area contributed by atoms with Gasteiger partial charge in [-0.3, -0.25) is 5.41 Å². The Morgan fingerprint density at radius 2 is 1.86 bits per heavy atom. The summed E-state index contributed by atoms with van der Waals surface area (Å²) in [4.78, 5) is 2.20. The third-order valence-corrected chi connectivity index (χ3v) is 3.68. The van der Waals surface area contributed by atoms with Crippen LogP contribution in [0.1, 0.15) is 25.3 Å². The molecular weight excluding hydrogens is 262 g/mol. The summed E-state index contributed by atoms with van der Waals surface area (Å²) in [6, 6.07) is 11.9. The van der Waals surface area contributed by atoms with Crippen molar-refractivity contribution in [2.24, 2.45) is 5.73 Å². The van der Waals surface area contributed by atoms with Crippen molar-refractivity contribution in [1.29, 1.82) is 5.41 Å². The van der Waals surface area contributed by atoms with E-state index in [1.165, 1.54) is 0 Å². The van der Waals surface area contributed by atoms with Gasteiger partial charge in [0.1, 0.15) is 5.84 Å². The van der Waals surface area contributed by atoms with E-state index in [1.54, 1.807) is 0 Å². The Kier molecular flexibility index (Phi) is 5.17. The minimum Gasteiger partial charge on any atom is -0.395 e. The van der Waals surface area contributed by atoms with Crippen LogP contribution in [0.3, 0.4) is 0 Å². The monoisotopic (exact) mass is 285 g/mol.